The zero-order valence-corrected chi connectivity index (χ0v) is 12.8. The molecule has 0 spiro atoms. The highest BCUT2D eigenvalue weighted by molar-refractivity contribution is 7.87. The van der Waals surface area contributed by atoms with Gasteiger partial charge in [0, 0.05) is 24.5 Å². The van der Waals surface area contributed by atoms with Crippen LogP contribution in [0, 0.1) is 0 Å². The van der Waals surface area contributed by atoms with Crippen molar-refractivity contribution in [3.05, 3.63) is 21.9 Å². The van der Waals surface area contributed by atoms with Crippen LogP contribution in [0.5, 0.6) is 0 Å². The summed E-state index contributed by atoms with van der Waals surface area (Å²) in [4.78, 5) is 1.31. The van der Waals surface area contributed by atoms with E-state index in [-0.39, 0.29) is 6.04 Å². The molecule has 0 fully saturated rings. The van der Waals surface area contributed by atoms with Crippen molar-refractivity contribution in [3.8, 4) is 0 Å². The zero-order chi connectivity index (χ0) is 13.9. The van der Waals surface area contributed by atoms with Gasteiger partial charge in [-0.05, 0) is 49.2 Å². The van der Waals surface area contributed by atoms with Crippen LogP contribution in [0.3, 0.4) is 0 Å². The van der Waals surface area contributed by atoms with Crippen LogP contribution < -0.4 is 10.5 Å². The van der Waals surface area contributed by atoms with Gasteiger partial charge in [0.1, 0.15) is 0 Å². The van der Waals surface area contributed by atoms with E-state index in [0.717, 1.165) is 24.8 Å². The second-order valence-electron chi connectivity index (χ2n) is 4.83. The lowest BCUT2D eigenvalue weighted by Gasteiger charge is -2.26. The Bertz CT molecular complexity index is 513. The average molecular weight is 303 g/mol. The van der Waals surface area contributed by atoms with Crippen molar-refractivity contribution < 1.29 is 8.42 Å². The minimum Gasteiger partial charge on any atom is -0.330 e. The van der Waals surface area contributed by atoms with Crippen molar-refractivity contribution in [1.82, 2.24) is 9.03 Å². The fourth-order valence-electron chi connectivity index (χ4n) is 2.31. The largest absolute Gasteiger partial charge is 0.330 e. The summed E-state index contributed by atoms with van der Waals surface area (Å²) in [7, 11) is -1.83. The summed E-state index contributed by atoms with van der Waals surface area (Å²) in [6, 6.07) is 1.95. The highest BCUT2D eigenvalue weighted by Crippen LogP contribution is 2.33. The predicted molar refractivity (Wildman–Crippen MR) is 78.4 cm³/mol. The minimum absolute atomic E-state index is 0.0830. The first kappa shape index (κ1) is 14.9. The molecule has 0 aliphatic heterocycles. The first-order valence-electron chi connectivity index (χ1n) is 6.54. The van der Waals surface area contributed by atoms with Gasteiger partial charge in [-0.15, -0.1) is 11.3 Å². The molecule has 0 aromatic carbocycles. The van der Waals surface area contributed by atoms with Crippen molar-refractivity contribution in [1.29, 1.82) is 0 Å². The molecular formula is C12H21N3O2S2. The van der Waals surface area contributed by atoms with Crippen LogP contribution in [0.15, 0.2) is 11.4 Å². The molecule has 1 unspecified atom stereocenters. The Morgan fingerprint density at radius 1 is 1.58 bits per heavy atom. The zero-order valence-electron chi connectivity index (χ0n) is 11.1. The number of fused-ring (bicyclic) bond motifs is 1. The number of hydrogen-bond acceptors (Lipinski definition) is 4. The number of nitrogens with zero attached hydrogens (tertiary/aromatic N) is 1. The number of thiophene rings is 1. The van der Waals surface area contributed by atoms with Gasteiger partial charge in [0.05, 0.1) is 0 Å². The van der Waals surface area contributed by atoms with Crippen molar-refractivity contribution in [2.75, 3.05) is 20.1 Å². The molecular weight excluding hydrogens is 282 g/mol. The molecule has 0 amide bonds. The van der Waals surface area contributed by atoms with E-state index in [2.05, 4.69) is 4.72 Å². The molecule has 0 saturated heterocycles. The van der Waals surface area contributed by atoms with Crippen LogP contribution in [0.25, 0.3) is 0 Å². The topological polar surface area (TPSA) is 75.4 Å². The SMILES string of the molecule is CN(CCCN)S(=O)(=O)NC1CCCc2sccc21. The molecule has 7 heteroatoms. The molecule has 0 radical (unpaired) electrons. The lowest BCUT2D eigenvalue weighted by atomic mass is 9.95. The van der Waals surface area contributed by atoms with Gasteiger partial charge < -0.3 is 5.73 Å². The number of nitrogens with one attached hydrogen (secondary N) is 1. The van der Waals surface area contributed by atoms with Gasteiger partial charge in [-0.1, -0.05) is 0 Å². The van der Waals surface area contributed by atoms with Crippen molar-refractivity contribution in [2.45, 2.75) is 31.7 Å². The Morgan fingerprint density at radius 2 is 2.37 bits per heavy atom. The van der Waals surface area contributed by atoms with Crippen molar-refractivity contribution in [3.63, 3.8) is 0 Å². The summed E-state index contributed by atoms with van der Waals surface area (Å²) in [6.45, 7) is 0.951. The van der Waals surface area contributed by atoms with Crippen molar-refractivity contribution in [2.24, 2.45) is 5.73 Å². The van der Waals surface area contributed by atoms with Crippen LogP contribution in [0.2, 0.25) is 0 Å². The lowest BCUT2D eigenvalue weighted by Crippen LogP contribution is -2.41. The standard InChI is InChI=1S/C12H21N3O2S2/c1-15(8-3-7-13)19(16,17)14-11-4-2-5-12-10(11)6-9-18-12/h6,9,11,14H,2-5,7-8,13H2,1H3. The quantitative estimate of drug-likeness (QED) is 0.830. The maximum atomic E-state index is 12.2. The summed E-state index contributed by atoms with van der Waals surface area (Å²) < 4.78 is 28.6. The second-order valence-corrected chi connectivity index (χ2v) is 7.64. The number of aryl methyl sites for hydroxylation is 1. The molecule has 5 nitrogen and oxygen atoms in total. The molecule has 1 aromatic heterocycles. The predicted octanol–water partition coefficient (Wildman–Crippen LogP) is 1.24. The first-order chi connectivity index (χ1) is 9.04. The fourth-order valence-corrected chi connectivity index (χ4v) is 4.45. The molecule has 3 N–H and O–H groups in total. The van der Waals surface area contributed by atoms with Crippen molar-refractivity contribution >= 4 is 21.5 Å². The minimum atomic E-state index is -3.42. The maximum Gasteiger partial charge on any atom is 0.279 e. The third-order valence-electron chi connectivity index (χ3n) is 3.43. The summed E-state index contributed by atoms with van der Waals surface area (Å²) in [5, 5.41) is 2.04. The third kappa shape index (κ3) is 3.55. The first-order valence-corrected chi connectivity index (χ1v) is 8.86. The van der Waals surface area contributed by atoms with Gasteiger partial charge in [0.2, 0.25) is 0 Å². The third-order valence-corrected chi connectivity index (χ3v) is 6.01. The highest BCUT2D eigenvalue weighted by atomic mass is 32.2. The Morgan fingerprint density at radius 3 is 3.11 bits per heavy atom. The summed E-state index contributed by atoms with van der Waals surface area (Å²) in [5.41, 5.74) is 6.56. The number of nitrogens with two attached hydrogens (primary N) is 1. The van der Waals surface area contributed by atoms with Crippen LogP contribution in [0.1, 0.15) is 35.7 Å². The molecule has 1 aliphatic carbocycles. The van der Waals surface area contributed by atoms with Gasteiger partial charge in [-0.2, -0.15) is 17.4 Å². The van der Waals surface area contributed by atoms with E-state index in [1.807, 2.05) is 11.4 Å². The number of rotatable bonds is 6. The molecule has 1 atom stereocenters. The molecule has 1 aliphatic rings. The van der Waals surface area contributed by atoms with Gasteiger partial charge in [-0.25, -0.2) is 0 Å². The van der Waals surface area contributed by atoms with E-state index in [0.29, 0.717) is 19.5 Å². The van der Waals surface area contributed by atoms with E-state index in [1.165, 1.54) is 9.18 Å². The van der Waals surface area contributed by atoms with E-state index in [9.17, 15) is 8.42 Å². The molecule has 0 saturated carbocycles. The molecule has 0 bridgehead atoms. The van der Waals surface area contributed by atoms with Crippen LogP contribution in [0.4, 0.5) is 0 Å². The summed E-state index contributed by atoms with van der Waals surface area (Å²) in [5.74, 6) is 0. The van der Waals surface area contributed by atoms with Crippen LogP contribution >= 0.6 is 11.3 Å². The second kappa shape index (κ2) is 6.32. The van der Waals surface area contributed by atoms with E-state index in [1.54, 1.807) is 18.4 Å². The van der Waals surface area contributed by atoms with E-state index >= 15 is 0 Å². The molecule has 19 heavy (non-hydrogen) atoms. The van der Waals surface area contributed by atoms with Crippen LogP contribution in [-0.4, -0.2) is 32.9 Å². The fraction of sp³-hybridized carbons (Fsp3) is 0.667. The van der Waals surface area contributed by atoms with Gasteiger partial charge in [0.15, 0.2) is 0 Å². The molecule has 108 valence electrons. The Labute approximate surface area is 119 Å². The monoisotopic (exact) mass is 303 g/mol. The van der Waals surface area contributed by atoms with Gasteiger partial charge >= 0.3 is 0 Å². The normalized spacial score (nSPS) is 19.6. The van der Waals surface area contributed by atoms with Gasteiger partial charge in [0.25, 0.3) is 10.2 Å². The molecule has 2 rings (SSSR count). The van der Waals surface area contributed by atoms with Crippen LogP contribution in [-0.2, 0) is 16.6 Å². The highest BCUT2D eigenvalue weighted by Gasteiger charge is 2.27. The Hall–Kier alpha value is -0.470. The summed E-state index contributed by atoms with van der Waals surface area (Å²) >= 11 is 1.71. The van der Waals surface area contributed by atoms with E-state index < -0.39 is 10.2 Å². The lowest BCUT2D eigenvalue weighted by molar-refractivity contribution is 0.432. The average Bonchev–Trinajstić information content (AvgIpc) is 2.84. The Balaban J connectivity index is 2.05. The van der Waals surface area contributed by atoms with E-state index in [4.69, 9.17) is 5.73 Å². The number of hydrogen-bond donors (Lipinski definition) is 2. The summed E-state index contributed by atoms with van der Waals surface area (Å²) in [6.07, 6.45) is 3.64. The van der Waals surface area contributed by atoms with Gasteiger partial charge in [-0.3, -0.25) is 0 Å². The maximum absolute atomic E-state index is 12.2. The molecule has 1 aromatic rings. The molecule has 1 heterocycles. The Kier molecular flexibility index (Phi) is 4.97. The smallest absolute Gasteiger partial charge is 0.279 e.